The van der Waals surface area contributed by atoms with Crippen molar-refractivity contribution in [1.82, 2.24) is 39.5 Å². The first kappa shape index (κ1) is 30.3. The SMILES string of the molecule is Cc1cc(Nc2nc(Sc3ccc(NC(=O)CN4CC[C@@H](C(=O)CCCN5CCN(C)CC5)C4)cc3)nn3cccc23)n[nH]1. The number of anilines is 3. The van der Waals surface area contributed by atoms with E-state index in [1.807, 2.05) is 55.6 Å². The smallest absolute Gasteiger partial charge is 0.238 e. The zero-order valence-corrected chi connectivity index (χ0v) is 26.1. The summed E-state index contributed by atoms with van der Waals surface area (Å²) in [5, 5.41) is 18.7. The molecule has 1 atom stereocenters. The van der Waals surface area contributed by atoms with Crippen molar-refractivity contribution in [3.8, 4) is 0 Å². The summed E-state index contributed by atoms with van der Waals surface area (Å²) in [7, 11) is 2.16. The molecule has 6 rings (SSSR count). The van der Waals surface area contributed by atoms with Crippen LogP contribution in [0.5, 0.6) is 0 Å². The molecule has 232 valence electrons. The Morgan fingerprint density at radius 3 is 2.66 bits per heavy atom. The second-order valence-corrected chi connectivity index (χ2v) is 12.8. The molecule has 0 bridgehead atoms. The van der Waals surface area contributed by atoms with E-state index < -0.39 is 0 Å². The maximum Gasteiger partial charge on any atom is 0.238 e. The number of amides is 1. The molecule has 2 aliphatic heterocycles. The number of benzene rings is 1. The van der Waals surface area contributed by atoms with E-state index in [4.69, 9.17) is 4.98 Å². The highest BCUT2D eigenvalue weighted by atomic mass is 32.2. The van der Waals surface area contributed by atoms with Gasteiger partial charge in [0.2, 0.25) is 11.1 Å². The zero-order chi connectivity index (χ0) is 30.5. The summed E-state index contributed by atoms with van der Waals surface area (Å²) in [6.45, 7) is 9.05. The number of ketones is 1. The van der Waals surface area contributed by atoms with Gasteiger partial charge >= 0.3 is 0 Å². The van der Waals surface area contributed by atoms with Crippen LogP contribution in [0.25, 0.3) is 5.52 Å². The van der Waals surface area contributed by atoms with E-state index in [1.165, 1.54) is 11.8 Å². The Balaban J connectivity index is 0.959. The van der Waals surface area contributed by atoms with E-state index in [0.29, 0.717) is 35.5 Å². The minimum absolute atomic E-state index is 0.0405. The van der Waals surface area contributed by atoms with E-state index in [-0.39, 0.29) is 18.4 Å². The number of rotatable bonds is 12. The number of aromatic nitrogens is 5. The number of H-pyrrole nitrogens is 1. The number of piperazine rings is 1. The van der Waals surface area contributed by atoms with Crippen molar-refractivity contribution >= 4 is 46.3 Å². The summed E-state index contributed by atoms with van der Waals surface area (Å²) in [5.74, 6) is 1.67. The molecule has 3 aromatic heterocycles. The van der Waals surface area contributed by atoms with Gasteiger partial charge in [0.05, 0.1) is 6.54 Å². The molecule has 13 heteroatoms. The average Bonchev–Trinajstić information content (AvgIpc) is 3.77. The fourth-order valence-electron chi connectivity index (χ4n) is 5.76. The van der Waals surface area contributed by atoms with Crippen LogP contribution in [0.2, 0.25) is 0 Å². The molecule has 2 saturated heterocycles. The number of hydrogen-bond donors (Lipinski definition) is 3. The van der Waals surface area contributed by atoms with E-state index in [1.54, 1.807) is 4.52 Å². The van der Waals surface area contributed by atoms with Gasteiger partial charge < -0.3 is 20.4 Å². The van der Waals surface area contributed by atoms with Gasteiger partial charge in [-0.15, -0.1) is 5.10 Å². The molecule has 4 aromatic rings. The third kappa shape index (κ3) is 7.83. The number of fused-ring (bicyclic) bond motifs is 1. The van der Waals surface area contributed by atoms with Crippen molar-refractivity contribution in [1.29, 1.82) is 0 Å². The highest BCUT2D eigenvalue weighted by molar-refractivity contribution is 7.99. The number of nitrogens with zero attached hydrogens (tertiary/aromatic N) is 7. The van der Waals surface area contributed by atoms with Crippen molar-refractivity contribution in [2.24, 2.45) is 5.92 Å². The number of carbonyl (C=O) groups is 2. The molecule has 0 aliphatic carbocycles. The van der Waals surface area contributed by atoms with Gasteiger partial charge in [-0.05, 0) is 88.1 Å². The number of Topliss-reactive ketones (excluding diaryl/α,β-unsaturated/α-hetero) is 1. The lowest BCUT2D eigenvalue weighted by Gasteiger charge is -2.32. The predicted octanol–water partition coefficient (Wildman–Crippen LogP) is 3.51. The maximum atomic E-state index is 12.8. The Morgan fingerprint density at radius 1 is 1.07 bits per heavy atom. The van der Waals surface area contributed by atoms with Crippen molar-refractivity contribution in [2.75, 3.05) is 70.0 Å². The Morgan fingerprint density at radius 2 is 1.89 bits per heavy atom. The van der Waals surface area contributed by atoms with E-state index in [2.05, 4.69) is 47.7 Å². The number of hydrogen-bond acceptors (Lipinski definition) is 10. The van der Waals surface area contributed by atoms with Crippen LogP contribution in [0.4, 0.5) is 17.3 Å². The molecule has 44 heavy (non-hydrogen) atoms. The van der Waals surface area contributed by atoms with E-state index >= 15 is 0 Å². The first-order valence-corrected chi connectivity index (χ1v) is 16.1. The van der Waals surface area contributed by atoms with E-state index in [9.17, 15) is 9.59 Å². The van der Waals surface area contributed by atoms with Gasteiger partial charge in [-0.2, -0.15) is 5.10 Å². The molecule has 0 spiro atoms. The van der Waals surface area contributed by atoms with Crippen LogP contribution in [0.15, 0.2) is 58.7 Å². The summed E-state index contributed by atoms with van der Waals surface area (Å²) in [4.78, 5) is 38.2. The number of aromatic amines is 1. The normalized spacial score (nSPS) is 18.2. The third-order valence-electron chi connectivity index (χ3n) is 8.26. The second-order valence-electron chi connectivity index (χ2n) is 11.8. The van der Waals surface area contributed by atoms with Crippen LogP contribution in [-0.2, 0) is 9.59 Å². The Hall–Kier alpha value is -3.78. The summed E-state index contributed by atoms with van der Waals surface area (Å²) in [6, 6.07) is 13.5. The van der Waals surface area contributed by atoms with Gasteiger partial charge in [-0.3, -0.25) is 19.6 Å². The number of likely N-dealkylation sites (tertiary alicyclic amines) is 1. The lowest BCUT2D eigenvalue weighted by atomic mass is 9.99. The molecule has 0 saturated carbocycles. The van der Waals surface area contributed by atoms with Gasteiger partial charge in [0.25, 0.3) is 0 Å². The molecule has 1 aromatic carbocycles. The Kier molecular flexibility index (Phi) is 9.55. The first-order chi connectivity index (χ1) is 21.4. The molecule has 0 radical (unpaired) electrons. The zero-order valence-electron chi connectivity index (χ0n) is 25.3. The molecule has 2 fully saturated rings. The van der Waals surface area contributed by atoms with Crippen molar-refractivity contribution in [3.05, 3.63) is 54.4 Å². The van der Waals surface area contributed by atoms with Gasteiger partial charge in [-0.1, -0.05) is 0 Å². The van der Waals surface area contributed by atoms with Gasteiger partial charge in [0.15, 0.2) is 11.6 Å². The highest BCUT2D eigenvalue weighted by Gasteiger charge is 2.29. The van der Waals surface area contributed by atoms with Crippen molar-refractivity contribution < 1.29 is 9.59 Å². The Bertz CT molecular complexity index is 1580. The molecule has 0 unspecified atom stereocenters. The lowest BCUT2D eigenvalue weighted by molar-refractivity contribution is -0.123. The number of carbonyl (C=O) groups excluding carboxylic acids is 2. The van der Waals surface area contributed by atoms with Gasteiger partial charge in [0.1, 0.15) is 11.3 Å². The van der Waals surface area contributed by atoms with Crippen molar-refractivity contribution in [2.45, 2.75) is 36.2 Å². The van der Waals surface area contributed by atoms with E-state index in [0.717, 1.165) is 73.9 Å². The number of aryl methyl sites for hydroxylation is 1. The molecule has 3 N–H and O–H groups in total. The van der Waals surface area contributed by atoms with Crippen LogP contribution >= 0.6 is 11.8 Å². The summed E-state index contributed by atoms with van der Waals surface area (Å²) in [6.07, 6.45) is 4.27. The highest BCUT2D eigenvalue weighted by Crippen LogP contribution is 2.29. The van der Waals surface area contributed by atoms with Crippen LogP contribution < -0.4 is 10.6 Å². The minimum Gasteiger partial charge on any atom is -0.325 e. The van der Waals surface area contributed by atoms with Crippen LogP contribution in [0.1, 0.15) is 25.0 Å². The maximum absolute atomic E-state index is 12.8. The largest absolute Gasteiger partial charge is 0.325 e. The van der Waals surface area contributed by atoms with Crippen LogP contribution in [-0.4, -0.2) is 111 Å². The molecule has 2 aliphatic rings. The monoisotopic (exact) mass is 616 g/mol. The summed E-state index contributed by atoms with van der Waals surface area (Å²) in [5.41, 5.74) is 2.54. The quantitative estimate of drug-likeness (QED) is 0.218. The minimum atomic E-state index is -0.0701. The standard InChI is InChI=1S/C31H40N10O2S/c1-22-19-28(36-35-22)33-30-26-5-3-13-41(26)37-31(34-30)44-25-9-7-24(8-10-25)32-29(43)21-40-14-11-23(20-40)27(42)6-4-12-39-17-15-38(2)16-18-39/h3,5,7-10,13,19,23H,4,6,11-12,14-18,20-21H2,1-2H3,(H,32,43)(H2,33,34,35,36,37)/t23-/m1/s1. The summed E-state index contributed by atoms with van der Waals surface area (Å²) < 4.78 is 1.79. The van der Waals surface area contributed by atoms with Crippen molar-refractivity contribution in [3.63, 3.8) is 0 Å². The number of nitrogens with one attached hydrogen (secondary N) is 3. The second kappa shape index (κ2) is 13.9. The molecule has 1 amide bonds. The lowest BCUT2D eigenvalue weighted by Crippen LogP contribution is -2.44. The van der Waals surface area contributed by atoms with Gasteiger partial charge in [0, 0.05) is 73.6 Å². The molecule has 12 nitrogen and oxygen atoms in total. The Labute approximate surface area is 261 Å². The fourth-order valence-corrected chi connectivity index (χ4v) is 6.51. The third-order valence-corrected chi connectivity index (χ3v) is 9.12. The summed E-state index contributed by atoms with van der Waals surface area (Å²) >= 11 is 1.44. The fraction of sp³-hybridized carbons (Fsp3) is 0.452. The van der Waals surface area contributed by atoms with Crippen LogP contribution in [0, 0.1) is 12.8 Å². The first-order valence-electron chi connectivity index (χ1n) is 15.3. The number of likely N-dealkylation sites (N-methyl/N-ethyl adjacent to an activating group) is 1. The average molecular weight is 617 g/mol. The molecular formula is C31H40N10O2S. The van der Waals surface area contributed by atoms with Gasteiger partial charge in [-0.25, -0.2) is 9.50 Å². The topological polar surface area (TPSA) is 127 Å². The molecule has 5 heterocycles. The predicted molar refractivity (Wildman–Crippen MR) is 172 cm³/mol. The van der Waals surface area contributed by atoms with Crippen LogP contribution in [0.3, 0.4) is 0 Å². The molecular weight excluding hydrogens is 576 g/mol.